The molecule has 1 N–H and O–H groups in total. The third-order valence-corrected chi connectivity index (χ3v) is 2.76. The van der Waals surface area contributed by atoms with E-state index >= 15 is 0 Å². The van der Waals surface area contributed by atoms with Crippen LogP contribution in [0.25, 0.3) is 0 Å². The fourth-order valence-electron chi connectivity index (χ4n) is 1.47. The van der Waals surface area contributed by atoms with Crippen LogP contribution in [-0.4, -0.2) is 15.1 Å². The first-order chi connectivity index (χ1) is 8.16. The molecule has 0 fully saturated rings. The molecule has 0 amide bonds. The van der Waals surface area contributed by atoms with Crippen LogP contribution in [-0.2, 0) is 6.42 Å². The zero-order valence-electron chi connectivity index (χ0n) is 8.85. The quantitative estimate of drug-likeness (QED) is 0.947. The topological polar surface area (TPSA) is 46.0 Å². The predicted octanol–water partition coefficient (Wildman–Crippen LogP) is 2.65. The Balaban J connectivity index is 2.14. The van der Waals surface area contributed by atoms with E-state index in [1.54, 1.807) is 12.3 Å². The molecule has 0 bridgehead atoms. The Kier molecular flexibility index (Phi) is 3.81. The van der Waals surface area contributed by atoms with Crippen LogP contribution in [0, 0.1) is 5.82 Å². The van der Waals surface area contributed by atoms with E-state index in [1.807, 2.05) is 6.07 Å². The zero-order chi connectivity index (χ0) is 12.3. The van der Waals surface area contributed by atoms with E-state index in [0.29, 0.717) is 5.69 Å². The van der Waals surface area contributed by atoms with E-state index in [-0.39, 0.29) is 12.1 Å². The molecule has 2 aromatic rings. The van der Waals surface area contributed by atoms with E-state index in [4.69, 9.17) is 0 Å². The highest BCUT2D eigenvalue weighted by Gasteiger charge is 2.14. The molecule has 17 heavy (non-hydrogen) atoms. The number of hydrogen-bond acceptors (Lipinski definition) is 3. The van der Waals surface area contributed by atoms with Gasteiger partial charge in [-0.05, 0) is 40.2 Å². The SMILES string of the molecule is OC(Cc1ccc(Br)cn1)c1ncccc1F. The van der Waals surface area contributed by atoms with Gasteiger partial charge in [-0.1, -0.05) is 0 Å². The number of hydrogen-bond donors (Lipinski definition) is 1. The van der Waals surface area contributed by atoms with Crippen molar-refractivity contribution in [1.29, 1.82) is 0 Å². The average molecular weight is 297 g/mol. The lowest BCUT2D eigenvalue weighted by atomic mass is 10.1. The van der Waals surface area contributed by atoms with Crippen LogP contribution in [0.5, 0.6) is 0 Å². The van der Waals surface area contributed by atoms with Crippen LogP contribution in [0.3, 0.4) is 0 Å². The van der Waals surface area contributed by atoms with Crippen molar-refractivity contribution in [2.24, 2.45) is 0 Å². The van der Waals surface area contributed by atoms with Gasteiger partial charge in [-0.15, -0.1) is 0 Å². The molecule has 3 nitrogen and oxygen atoms in total. The Labute approximate surface area is 106 Å². The Morgan fingerprint density at radius 3 is 2.76 bits per heavy atom. The minimum absolute atomic E-state index is 0.0530. The minimum Gasteiger partial charge on any atom is -0.386 e. The van der Waals surface area contributed by atoms with Crippen LogP contribution >= 0.6 is 15.9 Å². The summed E-state index contributed by atoms with van der Waals surface area (Å²) in [6.45, 7) is 0. The van der Waals surface area contributed by atoms with Crippen molar-refractivity contribution >= 4 is 15.9 Å². The lowest BCUT2D eigenvalue weighted by Crippen LogP contribution is -2.07. The number of nitrogens with zero attached hydrogens (tertiary/aromatic N) is 2. The summed E-state index contributed by atoms with van der Waals surface area (Å²) in [4.78, 5) is 7.95. The first-order valence-corrected chi connectivity index (χ1v) is 5.85. The van der Waals surface area contributed by atoms with Crippen LogP contribution < -0.4 is 0 Å². The predicted molar refractivity (Wildman–Crippen MR) is 64.8 cm³/mol. The van der Waals surface area contributed by atoms with Gasteiger partial charge in [-0.3, -0.25) is 9.97 Å². The summed E-state index contributed by atoms with van der Waals surface area (Å²) < 4.78 is 14.2. The Bertz CT molecular complexity index is 504. The van der Waals surface area contributed by atoms with Crippen LogP contribution in [0.4, 0.5) is 4.39 Å². The summed E-state index contributed by atoms with van der Waals surface area (Å²) in [5.74, 6) is -0.503. The third-order valence-electron chi connectivity index (χ3n) is 2.29. The Morgan fingerprint density at radius 1 is 1.29 bits per heavy atom. The van der Waals surface area contributed by atoms with Crippen LogP contribution in [0.1, 0.15) is 17.5 Å². The molecule has 88 valence electrons. The number of halogens is 2. The second-order valence-corrected chi connectivity index (χ2v) is 4.47. The van der Waals surface area contributed by atoms with Gasteiger partial charge < -0.3 is 5.11 Å². The highest BCUT2D eigenvalue weighted by atomic mass is 79.9. The summed E-state index contributed by atoms with van der Waals surface area (Å²) in [7, 11) is 0. The van der Waals surface area contributed by atoms with Crippen molar-refractivity contribution in [3.8, 4) is 0 Å². The molecule has 2 aromatic heterocycles. The molecule has 0 aliphatic heterocycles. The first-order valence-electron chi connectivity index (χ1n) is 5.05. The highest BCUT2D eigenvalue weighted by molar-refractivity contribution is 9.10. The van der Waals surface area contributed by atoms with Gasteiger partial charge in [0.1, 0.15) is 17.6 Å². The van der Waals surface area contributed by atoms with Crippen molar-refractivity contribution < 1.29 is 9.50 Å². The molecule has 0 aromatic carbocycles. The molecular formula is C12H10BrFN2O. The van der Waals surface area contributed by atoms with Crippen molar-refractivity contribution in [3.63, 3.8) is 0 Å². The zero-order valence-corrected chi connectivity index (χ0v) is 10.4. The highest BCUT2D eigenvalue weighted by Crippen LogP contribution is 2.18. The van der Waals surface area contributed by atoms with E-state index in [1.165, 1.54) is 18.3 Å². The van der Waals surface area contributed by atoms with Gasteiger partial charge in [0.2, 0.25) is 0 Å². The summed E-state index contributed by atoms with van der Waals surface area (Å²) in [5.41, 5.74) is 0.739. The molecule has 1 unspecified atom stereocenters. The van der Waals surface area contributed by atoms with Crippen molar-refractivity contribution in [2.75, 3.05) is 0 Å². The molecule has 0 aliphatic carbocycles. The summed E-state index contributed by atoms with van der Waals surface area (Å²) in [6, 6.07) is 6.36. The lowest BCUT2D eigenvalue weighted by molar-refractivity contribution is 0.167. The molecule has 2 rings (SSSR count). The molecule has 0 aliphatic rings. The Hall–Kier alpha value is -1.33. The van der Waals surface area contributed by atoms with Gasteiger partial charge >= 0.3 is 0 Å². The van der Waals surface area contributed by atoms with Gasteiger partial charge in [-0.25, -0.2) is 4.39 Å². The second kappa shape index (κ2) is 5.33. The van der Waals surface area contributed by atoms with Gasteiger partial charge in [0.15, 0.2) is 0 Å². The number of rotatable bonds is 3. The van der Waals surface area contributed by atoms with Crippen LogP contribution in [0.2, 0.25) is 0 Å². The molecular weight excluding hydrogens is 287 g/mol. The van der Waals surface area contributed by atoms with E-state index in [2.05, 4.69) is 25.9 Å². The van der Waals surface area contributed by atoms with Crippen molar-refractivity contribution in [2.45, 2.75) is 12.5 Å². The number of aliphatic hydroxyl groups is 1. The average Bonchev–Trinajstić information content (AvgIpc) is 2.32. The van der Waals surface area contributed by atoms with Gasteiger partial charge in [-0.2, -0.15) is 0 Å². The molecule has 0 saturated carbocycles. The van der Waals surface area contributed by atoms with E-state index < -0.39 is 11.9 Å². The monoisotopic (exact) mass is 296 g/mol. The fourth-order valence-corrected chi connectivity index (χ4v) is 1.70. The first kappa shape index (κ1) is 12.1. The second-order valence-electron chi connectivity index (χ2n) is 3.56. The fraction of sp³-hybridized carbons (Fsp3) is 0.167. The normalized spacial score (nSPS) is 12.4. The Morgan fingerprint density at radius 2 is 2.12 bits per heavy atom. The largest absolute Gasteiger partial charge is 0.386 e. The van der Waals surface area contributed by atoms with E-state index in [9.17, 15) is 9.50 Å². The van der Waals surface area contributed by atoms with Gasteiger partial charge in [0.05, 0.1) is 0 Å². The van der Waals surface area contributed by atoms with Crippen molar-refractivity contribution in [1.82, 2.24) is 9.97 Å². The summed E-state index contributed by atoms with van der Waals surface area (Å²) in [6.07, 6.45) is 2.35. The minimum atomic E-state index is -0.982. The molecule has 0 saturated heterocycles. The van der Waals surface area contributed by atoms with Crippen LogP contribution in [0.15, 0.2) is 41.1 Å². The lowest BCUT2D eigenvalue weighted by Gasteiger charge is -2.10. The molecule has 0 radical (unpaired) electrons. The maximum atomic E-state index is 13.4. The number of pyridine rings is 2. The molecule has 5 heteroatoms. The van der Waals surface area contributed by atoms with Gasteiger partial charge in [0.25, 0.3) is 0 Å². The molecule has 2 heterocycles. The maximum absolute atomic E-state index is 13.4. The summed E-state index contributed by atoms with van der Waals surface area (Å²) in [5, 5.41) is 9.87. The number of aliphatic hydroxyl groups excluding tert-OH is 1. The van der Waals surface area contributed by atoms with E-state index in [0.717, 1.165) is 4.47 Å². The van der Waals surface area contributed by atoms with Crippen molar-refractivity contribution in [3.05, 3.63) is 58.3 Å². The summed E-state index contributed by atoms with van der Waals surface area (Å²) >= 11 is 3.27. The molecule has 1 atom stereocenters. The smallest absolute Gasteiger partial charge is 0.147 e. The van der Waals surface area contributed by atoms with Gasteiger partial charge in [0, 0.05) is 29.0 Å². The standard InChI is InChI=1S/C12H10BrFN2O/c13-8-3-4-9(16-7-8)6-11(17)12-10(14)2-1-5-15-12/h1-5,7,11,17H,6H2. The molecule has 0 spiro atoms. The maximum Gasteiger partial charge on any atom is 0.147 e. The number of aromatic nitrogens is 2. The third kappa shape index (κ3) is 3.08.